The Morgan fingerprint density at radius 2 is 2.12 bits per heavy atom. The van der Waals surface area contributed by atoms with E-state index in [4.69, 9.17) is 10.5 Å². The Bertz CT molecular complexity index is 312. The van der Waals surface area contributed by atoms with Crippen LogP contribution in [-0.2, 0) is 11.3 Å². The Morgan fingerprint density at radius 3 is 2.82 bits per heavy atom. The van der Waals surface area contributed by atoms with Crippen molar-refractivity contribution in [3.63, 3.8) is 0 Å². The fraction of sp³-hybridized carbons (Fsp3) is 0.600. The number of hydrogen-bond donors (Lipinski definition) is 1. The Morgan fingerprint density at radius 1 is 1.29 bits per heavy atom. The molecule has 1 unspecified atom stereocenters. The summed E-state index contributed by atoms with van der Waals surface area (Å²) in [5, 5.41) is 0. The van der Waals surface area contributed by atoms with Crippen LogP contribution < -0.4 is 5.73 Å². The van der Waals surface area contributed by atoms with Gasteiger partial charge in [-0.15, -0.1) is 0 Å². The molecule has 0 aliphatic carbocycles. The van der Waals surface area contributed by atoms with Crippen molar-refractivity contribution in [3.05, 3.63) is 35.4 Å². The summed E-state index contributed by atoms with van der Waals surface area (Å²) in [7, 11) is 0. The zero-order valence-corrected chi connectivity index (χ0v) is 11.1. The normalized spacial score (nSPS) is 12.6. The molecule has 0 aliphatic heterocycles. The van der Waals surface area contributed by atoms with E-state index in [0.717, 1.165) is 32.6 Å². The minimum atomic E-state index is 0.632. The van der Waals surface area contributed by atoms with Crippen molar-refractivity contribution in [2.24, 2.45) is 5.73 Å². The number of ether oxygens (including phenoxy) is 1. The molecule has 0 fully saturated rings. The molecule has 1 atom stereocenters. The lowest BCUT2D eigenvalue weighted by Gasteiger charge is -2.11. The molecule has 0 saturated carbocycles. The van der Waals surface area contributed by atoms with Crippen LogP contribution in [-0.4, -0.2) is 13.2 Å². The number of rotatable bonds is 8. The summed E-state index contributed by atoms with van der Waals surface area (Å²) >= 11 is 0. The van der Waals surface area contributed by atoms with E-state index in [1.54, 1.807) is 0 Å². The minimum Gasteiger partial charge on any atom is -0.377 e. The van der Waals surface area contributed by atoms with Crippen LogP contribution in [0, 0.1) is 0 Å². The second-order valence-electron chi connectivity index (χ2n) is 4.60. The topological polar surface area (TPSA) is 35.2 Å². The van der Waals surface area contributed by atoms with E-state index in [2.05, 4.69) is 38.1 Å². The first-order valence-electron chi connectivity index (χ1n) is 6.64. The van der Waals surface area contributed by atoms with Crippen molar-refractivity contribution in [1.82, 2.24) is 0 Å². The molecular formula is C15H25NO. The fourth-order valence-corrected chi connectivity index (χ4v) is 1.76. The number of unbranched alkanes of at least 4 members (excludes halogenated alkanes) is 1. The van der Waals surface area contributed by atoms with Crippen LogP contribution in [0.1, 0.15) is 50.2 Å². The maximum atomic E-state index is 5.63. The highest BCUT2D eigenvalue weighted by molar-refractivity contribution is 5.25. The molecule has 0 bridgehead atoms. The summed E-state index contributed by atoms with van der Waals surface area (Å²) in [6, 6.07) is 8.72. The van der Waals surface area contributed by atoms with Crippen LogP contribution >= 0.6 is 0 Å². The maximum absolute atomic E-state index is 5.63. The summed E-state index contributed by atoms with van der Waals surface area (Å²) < 4.78 is 5.63. The lowest BCUT2D eigenvalue weighted by atomic mass is 9.97. The molecule has 0 aliphatic rings. The Kier molecular flexibility index (Phi) is 6.90. The molecule has 1 aromatic rings. The summed E-state index contributed by atoms with van der Waals surface area (Å²) in [4.78, 5) is 0. The fourth-order valence-electron chi connectivity index (χ4n) is 1.76. The average Bonchev–Trinajstić information content (AvgIpc) is 2.38. The Hall–Kier alpha value is -0.860. The number of nitrogens with two attached hydrogens (primary N) is 1. The summed E-state index contributed by atoms with van der Waals surface area (Å²) in [5.74, 6) is 0.632. The molecular weight excluding hydrogens is 210 g/mol. The third kappa shape index (κ3) is 5.33. The van der Waals surface area contributed by atoms with Gasteiger partial charge in [0.05, 0.1) is 6.61 Å². The lowest BCUT2D eigenvalue weighted by molar-refractivity contribution is 0.117. The second kappa shape index (κ2) is 8.26. The van der Waals surface area contributed by atoms with Gasteiger partial charge in [0.15, 0.2) is 0 Å². The Balaban J connectivity index is 2.38. The zero-order chi connectivity index (χ0) is 12.5. The van der Waals surface area contributed by atoms with Crippen LogP contribution in [0.2, 0.25) is 0 Å². The quantitative estimate of drug-likeness (QED) is 0.700. The highest BCUT2D eigenvalue weighted by Gasteiger charge is 2.03. The van der Waals surface area contributed by atoms with Gasteiger partial charge in [0.25, 0.3) is 0 Å². The molecule has 2 N–H and O–H groups in total. The molecule has 0 aromatic heterocycles. The predicted octanol–water partition coefficient (Wildman–Crippen LogP) is 3.46. The first-order chi connectivity index (χ1) is 8.27. The van der Waals surface area contributed by atoms with Gasteiger partial charge in [0, 0.05) is 6.61 Å². The summed E-state index contributed by atoms with van der Waals surface area (Å²) in [6.45, 7) is 6.77. The molecule has 1 rings (SSSR count). The van der Waals surface area contributed by atoms with Crippen molar-refractivity contribution in [3.8, 4) is 0 Å². The van der Waals surface area contributed by atoms with E-state index >= 15 is 0 Å². The van der Waals surface area contributed by atoms with E-state index < -0.39 is 0 Å². The van der Waals surface area contributed by atoms with E-state index in [1.807, 2.05) is 0 Å². The van der Waals surface area contributed by atoms with E-state index in [-0.39, 0.29) is 0 Å². The van der Waals surface area contributed by atoms with Gasteiger partial charge >= 0.3 is 0 Å². The first-order valence-corrected chi connectivity index (χ1v) is 6.64. The molecule has 1 aromatic carbocycles. The SMILES string of the molecule is CCC(C)c1cccc(COCCCCN)c1. The van der Waals surface area contributed by atoms with Gasteiger partial charge in [-0.1, -0.05) is 38.1 Å². The lowest BCUT2D eigenvalue weighted by Crippen LogP contribution is -2.02. The molecule has 0 amide bonds. The number of hydrogen-bond acceptors (Lipinski definition) is 2. The highest BCUT2D eigenvalue weighted by atomic mass is 16.5. The largest absolute Gasteiger partial charge is 0.377 e. The third-order valence-electron chi connectivity index (χ3n) is 3.14. The second-order valence-corrected chi connectivity index (χ2v) is 4.60. The zero-order valence-electron chi connectivity index (χ0n) is 11.1. The summed E-state index contributed by atoms with van der Waals surface area (Å²) in [5.41, 5.74) is 8.12. The van der Waals surface area contributed by atoms with Gasteiger partial charge in [-0.3, -0.25) is 0 Å². The standard InChI is InChI=1S/C15H25NO/c1-3-13(2)15-8-6-7-14(11-15)12-17-10-5-4-9-16/h6-8,11,13H,3-5,9-10,12,16H2,1-2H3. The van der Waals surface area contributed by atoms with Gasteiger partial charge in [-0.2, -0.15) is 0 Å². The number of benzene rings is 1. The molecule has 17 heavy (non-hydrogen) atoms. The van der Waals surface area contributed by atoms with Crippen LogP contribution in [0.4, 0.5) is 0 Å². The molecule has 0 heterocycles. The van der Waals surface area contributed by atoms with E-state index in [9.17, 15) is 0 Å². The molecule has 0 spiro atoms. The van der Waals surface area contributed by atoms with Crippen molar-refractivity contribution in [2.75, 3.05) is 13.2 Å². The van der Waals surface area contributed by atoms with Crippen LogP contribution in [0.25, 0.3) is 0 Å². The van der Waals surface area contributed by atoms with Gasteiger partial charge < -0.3 is 10.5 Å². The monoisotopic (exact) mass is 235 g/mol. The van der Waals surface area contributed by atoms with Crippen molar-refractivity contribution in [1.29, 1.82) is 0 Å². The molecule has 2 nitrogen and oxygen atoms in total. The highest BCUT2D eigenvalue weighted by Crippen LogP contribution is 2.19. The van der Waals surface area contributed by atoms with Gasteiger partial charge in [0.1, 0.15) is 0 Å². The summed E-state index contributed by atoms with van der Waals surface area (Å²) in [6.07, 6.45) is 3.29. The molecule has 2 heteroatoms. The van der Waals surface area contributed by atoms with Crippen LogP contribution in [0.15, 0.2) is 24.3 Å². The third-order valence-corrected chi connectivity index (χ3v) is 3.14. The first kappa shape index (κ1) is 14.2. The predicted molar refractivity (Wildman–Crippen MR) is 73.1 cm³/mol. The minimum absolute atomic E-state index is 0.632. The van der Waals surface area contributed by atoms with Crippen LogP contribution in [0.3, 0.4) is 0 Å². The van der Waals surface area contributed by atoms with Crippen molar-refractivity contribution < 1.29 is 4.74 Å². The Labute approximate surface area is 105 Å². The molecule has 0 saturated heterocycles. The van der Waals surface area contributed by atoms with E-state index in [0.29, 0.717) is 5.92 Å². The van der Waals surface area contributed by atoms with Crippen LogP contribution in [0.5, 0.6) is 0 Å². The van der Waals surface area contributed by atoms with Crippen molar-refractivity contribution >= 4 is 0 Å². The maximum Gasteiger partial charge on any atom is 0.0716 e. The molecule has 0 radical (unpaired) electrons. The van der Waals surface area contributed by atoms with E-state index in [1.165, 1.54) is 17.5 Å². The smallest absolute Gasteiger partial charge is 0.0716 e. The van der Waals surface area contributed by atoms with Gasteiger partial charge in [-0.05, 0) is 42.9 Å². The average molecular weight is 235 g/mol. The van der Waals surface area contributed by atoms with Gasteiger partial charge in [-0.25, -0.2) is 0 Å². The molecule has 96 valence electrons. The van der Waals surface area contributed by atoms with Crippen molar-refractivity contribution in [2.45, 2.75) is 45.6 Å². The van der Waals surface area contributed by atoms with Gasteiger partial charge in [0.2, 0.25) is 0 Å².